The average Bonchev–Trinajstić information content (AvgIpc) is 3.26. The monoisotopic (exact) mass is 470 g/mol. The molecule has 1 aliphatic heterocycles. The number of rotatable bonds is 15. The van der Waals surface area contributed by atoms with Crippen molar-refractivity contribution in [3.63, 3.8) is 0 Å². The van der Waals surface area contributed by atoms with E-state index in [2.05, 4.69) is 21.3 Å². The van der Waals surface area contributed by atoms with Crippen LogP contribution in [0.5, 0.6) is 0 Å². The number of nitrogens with two attached hydrogens (primary N) is 2. The highest BCUT2D eigenvalue weighted by Gasteiger charge is 2.32. The molecule has 12 nitrogen and oxygen atoms in total. The fourth-order valence-electron chi connectivity index (χ4n) is 3.59. The molecule has 0 spiro atoms. The number of unbranched alkanes of at least 4 members (excludes halogenated alkanes) is 1. The molecule has 9 N–H and O–H groups in total. The van der Waals surface area contributed by atoms with E-state index in [0.29, 0.717) is 32.2 Å². The van der Waals surface area contributed by atoms with Crippen LogP contribution in [-0.4, -0.2) is 72.0 Å². The first kappa shape index (κ1) is 28.3. The second-order valence-corrected chi connectivity index (χ2v) is 8.76. The highest BCUT2D eigenvalue weighted by molar-refractivity contribution is 5.94. The molecule has 0 aromatic rings. The molecule has 4 atom stereocenters. The van der Waals surface area contributed by atoms with Gasteiger partial charge in [-0.05, 0) is 57.5 Å². The highest BCUT2D eigenvalue weighted by atomic mass is 16.4. The van der Waals surface area contributed by atoms with Crippen LogP contribution in [0.2, 0.25) is 0 Å². The summed E-state index contributed by atoms with van der Waals surface area (Å²) in [4.78, 5) is 60.8. The molecular formula is C21H38N6O6. The molecule has 0 aliphatic carbocycles. The lowest BCUT2D eigenvalue weighted by Crippen LogP contribution is -2.57. The lowest BCUT2D eigenvalue weighted by Gasteiger charge is -2.26. The van der Waals surface area contributed by atoms with Gasteiger partial charge in [-0.25, -0.2) is 4.79 Å². The van der Waals surface area contributed by atoms with E-state index in [4.69, 9.17) is 11.5 Å². The fraction of sp³-hybridized carbons (Fsp3) is 0.762. The van der Waals surface area contributed by atoms with Crippen LogP contribution in [-0.2, 0) is 24.0 Å². The van der Waals surface area contributed by atoms with Crippen molar-refractivity contribution in [2.45, 2.75) is 83.0 Å². The van der Waals surface area contributed by atoms with Crippen molar-refractivity contribution < 1.29 is 29.1 Å². The van der Waals surface area contributed by atoms with Gasteiger partial charge in [0.1, 0.15) is 18.1 Å². The first-order chi connectivity index (χ1) is 15.5. The SMILES string of the molecule is CC(C)CC(NC(=O)C(CCCCN)NC(=O)C1CCCN1)C(=O)NC(CC(N)=O)C(=O)O. The zero-order valence-corrected chi connectivity index (χ0v) is 19.4. The van der Waals surface area contributed by atoms with E-state index in [1.54, 1.807) is 0 Å². The molecule has 0 aromatic heterocycles. The number of hydrogen-bond donors (Lipinski definition) is 7. The molecule has 0 radical (unpaired) electrons. The summed E-state index contributed by atoms with van der Waals surface area (Å²) in [5, 5.41) is 20.0. The number of amides is 4. The van der Waals surface area contributed by atoms with Crippen LogP contribution in [0, 0.1) is 5.92 Å². The van der Waals surface area contributed by atoms with Gasteiger partial charge in [-0.3, -0.25) is 19.2 Å². The van der Waals surface area contributed by atoms with Gasteiger partial charge in [0, 0.05) is 0 Å². The van der Waals surface area contributed by atoms with Gasteiger partial charge < -0.3 is 37.8 Å². The zero-order chi connectivity index (χ0) is 25.0. The van der Waals surface area contributed by atoms with Crippen molar-refractivity contribution in [1.82, 2.24) is 21.3 Å². The Balaban J connectivity index is 2.91. The molecule has 0 saturated carbocycles. The molecule has 4 amide bonds. The van der Waals surface area contributed by atoms with E-state index < -0.39 is 48.2 Å². The topological polar surface area (TPSA) is 206 Å². The van der Waals surface area contributed by atoms with Gasteiger partial charge >= 0.3 is 5.97 Å². The minimum absolute atomic E-state index is 0.00608. The summed E-state index contributed by atoms with van der Waals surface area (Å²) < 4.78 is 0. The summed E-state index contributed by atoms with van der Waals surface area (Å²) in [6.45, 7) is 4.86. The third-order valence-electron chi connectivity index (χ3n) is 5.32. The predicted octanol–water partition coefficient (Wildman–Crippen LogP) is -1.67. The molecular weight excluding hydrogens is 432 g/mol. The minimum Gasteiger partial charge on any atom is -0.480 e. The van der Waals surface area contributed by atoms with E-state index in [1.807, 2.05) is 13.8 Å². The Morgan fingerprint density at radius 1 is 1.00 bits per heavy atom. The summed E-state index contributed by atoms with van der Waals surface area (Å²) in [6, 6.07) is -3.79. The lowest BCUT2D eigenvalue weighted by molar-refractivity contribution is -0.144. The maximum absolute atomic E-state index is 13.0. The van der Waals surface area contributed by atoms with Gasteiger partial charge in [-0.15, -0.1) is 0 Å². The van der Waals surface area contributed by atoms with Crippen molar-refractivity contribution in [3.8, 4) is 0 Å². The van der Waals surface area contributed by atoms with Crippen molar-refractivity contribution in [2.24, 2.45) is 17.4 Å². The Bertz CT molecular complexity index is 695. The van der Waals surface area contributed by atoms with Crippen LogP contribution in [0.4, 0.5) is 0 Å². The van der Waals surface area contributed by atoms with Gasteiger partial charge in [0.25, 0.3) is 0 Å². The average molecular weight is 471 g/mol. The summed E-state index contributed by atoms with van der Waals surface area (Å²) >= 11 is 0. The summed E-state index contributed by atoms with van der Waals surface area (Å²) in [5.74, 6) is -3.86. The summed E-state index contributed by atoms with van der Waals surface area (Å²) in [5.41, 5.74) is 10.6. The molecule has 188 valence electrons. The third-order valence-corrected chi connectivity index (χ3v) is 5.32. The van der Waals surface area contributed by atoms with Crippen LogP contribution in [0.25, 0.3) is 0 Å². The van der Waals surface area contributed by atoms with Crippen molar-refractivity contribution >= 4 is 29.6 Å². The van der Waals surface area contributed by atoms with E-state index in [-0.39, 0.29) is 24.3 Å². The van der Waals surface area contributed by atoms with Crippen LogP contribution < -0.4 is 32.7 Å². The maximum Gasteiger partial charge on any atom is 0.326 e. The molecule has 1 saturated heterocycles. The predicted molar refractivity (Wildman–Crippen MR) is 121 cm³/mol. The number of hydrogen-bond acceptors (Lipinski definition) is 7. The first-order valence-corrected chi connectivity index (χ1v) is 11.4. The Morgan fingerprint density at radius 2 is 1.64 bits per heavy atom. The van der Waals surface area contributed by atoms with Crippen molar-refractivity contribution in [2.75, 3.05) is 13.1 Å². The first-order valence-electron chi connectivity index (χ1n) is 11.4. The number of carbonyl (C=O) groups excluding carboxylic acids is 4. The smallest absolute Gasteiger partial charge is 0.326 e. The number of aliphatic carboxylic acids is 1. The molecule has 1 fully saturated rings. The molecule has 0 bridgehead atoms. The maximum atomic E-state index is 13.0. The van der Waals surface area contributed by atoms with Crippen LogP contribution in [0.15, 0.2) is 0 Å². The van der Waals surface area contributed by atoms with Gasteiger partial charge in [0.15, 0.2) is 0 Å². The van der Waals surface area contributed by atoms with Crippen molar-refractivity contribution in [1.29, 1.82) is 0 Å². The molecule has 33 heavy (non-hydrogen) atoms. The van der Waals surface area contributed by atoms with E-state index in [1.165, 1.54) is 0 Å². The van der Waals surface area contributed by atoms with Gasteiger partial charge in [0.2, 0.25) is 23.6 Å². The minimum atomic E-state index is -1.50. The van der Waals surface area contributed by atoms with Crippen molar-refractivity contribution in [3.05, 3.63) is 0 Å². The normalized spacial score (nSPS) is 18.2. The van der Waals surface area contributed by atoms with E-state index in [9.17, 15) is 29.1 Å². The molecule has 4 unspecified atom stereocenters. The van der Waals surface area contributed by atoms with Crippen LogP contribution >= 0.6 is 0 Å². The van der Waals surface area contributed by atoms with Crippen LogP contribution in [0.3, 0.4) is 0 Å². The van der Waals surface area contributed by atoms with Crippen LogP contribution in [0.1, 0.15) is 58.8 Å². The molecule has 12 heteroatoms. The summed E-state index contributed by atoms with van der Waals surface area (Å²) in [7, 11) is 0. The molecule has 1 heterocycles. The fourth-order valence-corrected chi connectivity index (χ4v) is 3.59. The van der Waals surface area contributed by atoms with E-state index >= 15 is 0 Å². The Kier molecular flexibility index (Phi) is 12.4. The van der Waals surface area contributed by atoms with Gasteiger partial charge in [-0.2, -0.15) is 0 Å². The highest BCUT2D eigenvalue weighted by Crippen LogP contribution is 2.10. The molecule has 0 aromatic carbocycles. The Hall–Kier alpha value is -2.73. The standard InChI is InChI=1S/C21H38N6O6/c1-12(2)10-15(20(31)27-16(21(32)33)11-17(23)28)26-19(30)14(6-3-4-8-22)25-18(29)13-7-5-9-24-13/h12-16,24H,3-11,22H2,1-2H3,(H2,23,28)(H,25,29)(H,26,30)(H,27,31)(H,32,33). The van der Waals surface area contributed by atoms with Gasteiger partial charge in [-0.1, -0.05) is 13.8 Å². The second-order valence-electron chi connectivity index (χ2n) is 8.76. The van der Waals surface area contributed by atoms with Gasteiger partial charge in [0.05, 0.1) is 12.5 Å². The largest absolute Gasteiger partial charge is 0.480 e. The lowest BCUT2D eigenvalue weighted by atomic mass is 10.0. The summed E-state index contributed by atoms with van der Waals surface area (Å²) in [6.07, 6.45) is 2.82. The quantitative estimate of drug-likeness (QED) is 0.137. The number of carboxylic acid groups (broad SMARTS) is 1. The molecule has 1 aliphatic rings. The number of nitrogens with one attached hydrogen (secondary N) is 4. The van der Waals surface area contributed by atoms with E-state index in [0.717, 1.165) is 13.0 Å². The number of carboxylic acids is 1. The Morgan fingerprint density at radius 3 is 2.15 bits per heavy atom. The number of primary amides is 1. The molecule has 1 rings (SSSR count). The Labute approximate surface area is 194 Å². The zero-order valence-electron chi connectivity index (χ0n) is 19.4. The number of carbonyl (C=O) groups is 5. The third kappa shape index (κ3) is 10.6. The second kappa shape index (κ2) is 14.4.